The fraction of sp³-hybridized carbons (Fsp3) is 0.0625. The van der Waals surface area contributed by atoms with Crippen molar-refractivity contribution < 1.29 is 18.6 Å². The highest BCUT2D eigenvalue weighted by molar-refractivity contribution is 7.89. The fourth-order valence-corrected chi connectivity index (χ4v) is 3.00. The van der Waals surface area contributed by atoms with E-state index >= 15 is 0 Å². The van der Waals surface area contributed by atoms with Crippen molar-refractivity contribution in [3.63, 3.8) is 0 Å². The molecule has 6 N–H and O–H groups in total. The van der Waals surface area contributed by atoms with Crippen LogP contribution in [-0.4, -0.2) is 29.8 Å². The number of hydrogen-bond acceptors (Lipinski definition) is 6. The lowest BCUT2D eigenvalue weighted by molar-refractivity contribution is 0.283. The van der Waals surface area contributed by atoms with Gasteiger partial charge in [-0.2, -0.15) is 5.10 Å². The first kappa shape index (κ1) is 17.0. The molecule has 1 heterocycles. The highest BCUT2D eigenvalue weighted by Crippen LogP contribution is 2.28. The SMILES string of the molecule is NS(=O)(=O)c1ccc(NN=Cc2c(O)[nH]c3cccc(CO)c23)cc1. The van der Waals surface area contributed by atoms with E-state index in [4.69, 9.17) is 5.14 Å². The molecule has 25 heavy (non-hydrogen) atoms. The molecule has 2 aromatic carbocycles. The molecule has 3 rings (SSSR count). The molecule has 0 saturated carbocycles. The number of H-pyrrole nitrogens is 1. The number of nitrogens with one attached hydrogen (secondary N) is 2. The van der Waals surface area contributed by atoms with Gasteiger partial charge >= 0.3 is 0 Å². The molecule has 0 fully saturated rings. The van der Waals surface area contributed by atoms with Gasteiger partial charge in [0.2, 0.25) is 10.0 Å². The van der Waals surface area contributed by atoms with Crippen LogP contribution in [0.1, 0.15) is 11.1 Å². The lowest BCUT2D eigenvalue weighted by Crippen LogP contribution is -2.11. The summed E-state index contributed by atoms with van der Waals surface area (Å²) in [6, 6.07) is 11.1. The zero-order valence-electron chi connectivity index (χ0n) is 13.0. The zero-order valence-corrected chi connectivity index (χ0v) is 13.8. The van der Waals surface area contributed by atoms with Crippen LogP contribution in [0.15, 0.2) is 52.5 Å². The molecule has 0 saturated heterocycles. The lowest BCUT2D eigenvalue weighted by Gasteiger charge is -2.02. The fourth-order valence-electron chi connectivity index (χ4n) is 2.48. The van der Waals surface area contributed by atoms with Gasteiger partial charge in [0.05, 0.1) is 29.0 Å². The highest BCUT2D eigenvalue weighted by atomic mass is 32.2. The van der Waals surface area contributed by atoms with Crippen molar-refractivity contribution >= 4 is 32.8 Å². The van der Waals surface area contributed by atoms with Crippen LogP contribution in [0.4, 0.5) is 5.69 Å². The van der Waals surface area contributed by atoms with Gasteiger partial charge in [-0.15, -0.1) is 0 Å². The van der Waals surface area contributed by atoms with E-state index in [0.717, 1.165) is 0 Å². The van der Waals surface area contributed by atoms with E-state index in [1.165, 1.54) is 30.5 Å². The van der Waals surface area contributed by atoms with E-state index in [9.17, 15) is 18.6 Å². The number of nitrogens with zero attached hydrogens (tertiary/aromatic N) is 1. The van der Waals surface area contributed by atoms with E-state index in [0.29, 0.717) is 27.7 Å². The van der Waals surface area contributed by atoms with Crippen LogP contribution in [0.2, 0.25) is 0 Å². The molecule has 0 amide bonds. The second-order valence-electron chi connectivity index (χ2n) is 5.32. The summed E-state index contributed by atoms with van der Waals surface area (Å²) in [5, 5.41) is 29.3. The van der Waals surface area contributed by atoms with Crippen molar-refractivity contribution in [2.75, 3.05) is 5.43 Å². The first-order valence-electron chi connectivity index (χ1n) is 7.25. The molecular weight excluding hydrogens is 344 g/mol. The summed E-state index contributed by atoms with van der Waals surface area (Å²) in [6.07, 6.45) is 1.42. The Morgan fingerprint density at radius 2 is 1.92 bits per heavy atom. The minimum atomic E-state index is -3.74. The number of sulfonamides is 1. The predicted octanol–water partition coefficient (Wildman–Crippen LogP) is 1.46. The number of aromatic amines is 1. The molecule has 0 spiro atoms. The number of aliphatic hydroxyl groups excluding tert-OH is 1. The Hall–Kier alpha value is -2.88. The molecule has 130 valence electrons. The summed E-state index contributed by atoms with van der Waals surface area (Å²) < 4.78 is 22.4. The minimum absolute atomic E-state index is 0.00360. The molecule has 0 bridgehead atoms. The third-order valence-electron chi connectivity index (χ3n) is 3.67. The van der Waals surface area contributed by atoms with E-state index in [1.807, 2.05) is 0 Å². The van der Waals surface area contributed by atoms with Crippen LogP contribution in [0.25, 0.3) is 10.9 Å². The predicted molar refractivity (Wildman–Crippen MR) is 94.9 cm³/mol. The number of nitrogens with two attached hydrogens (primary N) is 1. The summed E-state index contributed by atoms with van der Waals surface area (Å²) in [6.45, 7) is -0.169. The molecule has 0 aliphatic rings. The van der Waals surface area contributed by atoms with Gasteiger partial charge in [-0.3, -0.25) is 5.43 Å². The lowest BCUT2D eigenvalue weighted by atomic mass is 10.1. The van der Waals surface area contributed by atoms with Crippen molar-refractivity contribution in [1.82, 2.24) is 4.98 Å². The third-order valence-corrected chi connectivity index (χ3v) is 4.60. The Kier molecular flexibility index (Phi) is 4.45. The number of aromatic nitrogens is 1. The number of hydrogen-bond donors (Lipinski definition) is 5. The Labute approximate surface area is 143 Å². The molecule has 0 aliphatic carbocycles. The van der Waals surface area contributed by atoms with E-state index in [-0.39, 0.29) is 17.4 Å². The number of aliphatic hydroxyl groups is 1. The van der Waals surface area contributed by atoms with Gasteiger partial charge in [0.1, 0.15) is 0 Å². The van der Waals surface area contributed by atoms with Crippen molar-refractivity contribution in [3.8, 4) is 5.88 Å². The maximum Gasteiger partial charge on any atom is 0.238 e. The number of benzene rings is 2. The van der Waals surface area contributed by atoms with Crippen LogP contribution in [0.5, 0.6) is 5.88 Å². The largest absolute Gasteiger partial charge is 0.494 e. The maximum atomic E-state index is 11.2. The van der Waals surface area contributed by atoms with E-state index in [1.54, 1.807) is 18.2 Å². The van der Waals surface area contributed by atoms with Crippen LogP contribution >= 0.6 is 0 Å². The number of fused-ring (bicyclic) bond motifs is 1. The number of primary sulfonamides is 1. The van der Waals surface area contributed by atoms with Gasteiger partial charge in [-0.05, 0) is 35.9 Å². The second kappa shape index (κ2) is 6.55. The Bertz CT molecular complexity index is 1040. The zero-order chi connectivity index (χ0) is 18.0. The molecule has 8 nitrogen and oxygen atoms in total. The smallest absolute Gasteiger partial charge is 0.238 e. The summed E-state index contributed by atoms with van der Waals surface area (Å²) in [4.78, 5) is 2.82. The van der Waals surface area contributed by atoms with Crippen molar-refractivity contribution in [3.05, 3.63) is 53.6 Å². The molecular formula is C16H16N4O4S. The number of hydrazone groups is 1. The van der Waals surface area contributed by atoms with Gasteiger partial charge in [0.25, 0.3) is 0 Å². The topological polar surface area (TPSA) is 141 Å². The van der Waals surface area contributed by atoms with E-state index < -0.39 is 10.0 Å². The second-order valence-corrected chi connectivity index (χ2v) is 6.89. The van der Waals surface area contributed by atoms with Crippen molar-refractivity contribution in [2.24, 2.45) is 10.2 Å². The van der Waals surface area contributed by atoms with Gasteiger partial charge in [-0.25, -0.2) is 13.6 Å². The maximum absolute atomic E-state index is 11.2. The summed E-state index contributed by atoms with van der Waals surface area (Å²) in [7, 11) is -3.74. The minimum Gasteiger partial charge on any atom is -0.494 e. The Balaban J connectivity index is 1.86. The van der Waals surface area contributed by atoms with Crippen LogP contribution < -0.4 is 10.6 Å². The molecule has 9 heteroatoms. The average molecular weight is 360 g/mol. The van der Waals surface area contributed by atoms with Crippen LogP contribution in [-0.2, 0) is 16.6 Å². The van der Waals surface area contributed by atoms with E-state index in [2.05, 4.69) is 15.5 Å². The van der Waals surface area contributed by atoms with Crippen molar-refractivity contribution in [2.45, 2.75) is 11.5 Å². The highest BCUT2D eigenvalue weighted by Gasteiger charge is 2.12. The average Bonchev–Trinajstić information content (AvgIpc) is 2.90. The van der Waals surface area contributed by atoms with Crippen molar-refractivity contribution in [1.29, 1.82) is 0 Å². The molecule has 0 aliphatic heterocycles. The Morgan fingerprint density at radius 3 is 2.56 bits per heavy atom. The summed E-state index contributed by atoms with van der Waals surface area (Å²) in [5.41, 5.74) is 5.07. The van der Waals surface area contributed by atoms with Gasteiger partial charge in [-0.1, -0.05) is 12.1 Å². The van der Waals surface area contributed by atoms with Crippen LogP contribution in [0, 0.1) is 0 Å². The number of rotatable bonds is 5. The summed E-state index contributed by atoms with van der Waals surface area (Å²) >= 11 is 0. The molecule has 1 aromatic heterocycles. The Morgan fingerprint density at radius 1 is 1.20 bits per heavy atom. The molecule has 3 aromatic rings. The normalized spacial score (nSPS) is 12.1. The monoisotopic (exact) mass is 360 g/mol. The third kappa shape index (κ3) is 3.48. The van der Waals surface area contributed by atoms with Gasteiger partial charge in [0.15, 0.2) is 5.88 Å². The summed E-state index contributed by atoms with van der Waals surface area (Å²) in [5.74, 6) is -0.0639. The molecule has 0 unspecified atom stereocenters. The van der Waals surface area contributed by atoms with Gasteiger partial charge in [0, 0.05) is 10.9 Å². The molecule has 0 radical (unpaired) electrons. The quantitative estimate of drug-likeness (QED) is 0.346. The molecule has 0 atom stereocenters. The first-order valence-corrected chi connectivity index (χ1v) is 8.80. The number of aromatic hydroxyl groups is 1. The first-order chi connectivity index (χ1) is 11.9. The van der Waals surface area contributed by atoms with Gasteiger partial charge < -0.3 is 15.2 Å². The number of anilines is 1. The van der Waals surface area contributed by atoms with Crippen LogP contribution in [0.3, 0.4) is 0 Å². The standard InChI is InChI=1S/C16H16N4O4S/c17-25(23,24)12-6-4-11(5-7-12)20-18-8-13-15-10(9-21)2-1-3-14(15)19-16(13)22/h1-8,19-22H,9H2,(H2,17,23,24).